The van der Waals surface area contributed by atoms with Crippen LogP contribution in [-0.2, 0) is 25.9 Å². The summed E-state index contributed by atoms with van der Waals surface area (Å²) in [7, 11) is 1.60. The van der Waals surface area contributed by atoms with Gasteiger partial charge in [0.2, 0.25) is 0 Å². The molecule has 1 aliphatic rings. The molecule has 0 spiro atoms. The van der Waals surface area contributed by atoms with E-state index in [0.717, 1.165) is 19.3 Å². The third-order valence-corrected chi connectivity index (χ3v) is 6.28. The average Bonchev–Trinajstić information content (AvgIpc) is 3.42. The van der Waals surface area contributed by atoms with Gasteiger partial charge in [-0.2, -0.15) is 0 Å². The maximum atomic E-state index is 12.3. The van der Waals surface area contributed by atoms with Gasteiger partial charge < -0.3 is 19.2 Å². The van der Waals surface area contributed by atoms with Gasteiger partial charge in [-0.1, -0.05) is 12.1 Å². The highest BCUT2D eigenvalue weighted by atomic mass is 32.1. The third kappa shape index (κ3) is 5.02. The van der Waals surface area contributed by atoms with E-state index in [-0.39, 0.29) is 12.5 Å². The third-order valence-electron chi connectivity index (χ3n) is 5.07. The van der Waals surface area contributed by atoms with Crippen LogP contribution < -0.4 is 14.8 Å². The molecule has 0 radical (unpaired) electrons. The lowest BCUT2D eigenvalue weighted by Crippen LogP contribution is -2.24. The number of carbonyl (C=O) groups is 1. The van der Waals surface area contributed by atoms with Crippen molar-refractivity contribution >= 4 is 17.2 Å². The summed E-state index contributed by atoms with van der Waals surface area (Å²) in [4.78, 5) is 18.5. The van der Waals surface area contributed by atoms with Gasteiger partial charge in [0.1, 0.15) is 12.4 Å². The van der Waals surface area contributed by atoms with E-state index in [1.807, 2.05) is 35.6 Å². The lowest BCUT2D eigenvalue weighted by atomic mass is 10.0. The van der Waals surface area contributed by atoms with Gasteiger partial charge in [-0.25, -0.2) is 4.98 Å². The molecule has 3 aromatic rings. The molecule has 0 saturated heterocycles. The molecule has 0 atom stereocenters. The molecule has 0 unspecified atom stereocenters. The molecule has 1 amide bonds. The number of benzene rings is 1. The van der Waals surface area contributed by atoms with Crippen LogP contribution in [0.1, 0.15) is 51.2 Å². The first-order valence-electron chi connectivity index (χ1n) is 10.3. The van der Waals surface area contributed by atoms with Crippen molar-refractivity contribution in [2.24, 2.45) is 0 Å². The van der Waals surface area contributed by atoms with Gasteiger partial charge >= 0.3 is 0 Å². The van der Waals surface area contributed by atoms with E-state index in [0.29, 0.717) is 29.6 Å². The average molecular weight is 427 g/mol. The number of hydrogen-bond acceptors (Lipinski definition) is 6. The number of nitrogens with zero attached hydrogens (tertiary/aromatic N) is 1. The molecule has 0 bridgehead atoms. The number of rotatable bonds is 9. The summed E-state index contributed by atoms with van der Waals surface area (Å²) in [6.45, 7) is 0.819. The van der Waals surface area contributed by atoms with Crippen molar-refractivity contribution in [3.8, 4) is 11.5 Å². The van der Waals surface area contributed by atoms with Gasteiger partial charge in [-0.3, -0.25) is 4.79 Å². The first-order chi connectivity index (χ1) is 14.7. The number of methoxy groups -OCH3 is 1. The summed E-state index contributed by atoms with van der Waals surface area (Å²) >= 11 is 1.83. The van der Waals surface area contributed by atoms with Crippen LogP contribution in [0.3, 0.4) is 0 Å². The molecule has 0 aliphatic heterocycles. The fourth-order valence-corrected chi connectivity index (χ4v) is 4.70. The Balaban J connectivity index is 1.21. The van der Waals surface area contributed by atoms with Crippen LogP contribution in [0, 0.1) is 0 Å². The molecule has 0 saturated carbocycles. The molecule has 1 aliphatic carbocycles. The summed E-state index contributed by atoms with van der Waals surface area (Å²) in [6.07, 6.45) is 6.58. The van der Waals surface area contributed by atoms with Crippen LogP contribution in [0.25, 0.3) is 0 Å². The SMILES string of the molecule is COc1ccccc1OCc1ccc(C(=O)NCCCc2nc3c(s2)CCCC3)o1. The van der Waals surface area contributed by atoms with Gasteiger partial charge in [0.05, 0.1) is 17.8 Å². The van der Waals surface area contributed by atoms with E-state index < -0.39 is 0 Å². The van der Waals surface area contributed by atoms with Gasteiger partial charge in [-0.15, -0.1) is 11.3 Å². The Morgan fingerprint density at radius 1 is 1.17 bits per heavy atom. The fraction of sp³-hybridized carbons (Fsp3) is 0.391. The second kappa shape index (κ2) is 9.80. The first-order valence-corrected chi connectivity index (χ1v) is 11.1. The van der Waals surface area contributed by atoms with E-state index in [9.17, 15) is 4.79 Å². The summed E-state index contributed by atoms with van der Waals surface area (Å²) in [6, 6.07) is 10.8. The van der Waals surface area contributed by atoms with Crippen molar-refractivity contribution in [3.05, 3.63) is 63.5 Å². The molecule has 1 aromatic carbocycles. The molecule has 0 fully saturated rings. The smallest absolute Gasteiger partial charge is 0.286 e. The van der Waals surface area contributed by atoms with Crippen LogP contribution in [0.15, 0.2) is 40.8 Å². The number of hydrogen-bond donors (Lipinski definition) is 1. The van der Waals surface area contributed by atoms with Crippen molar-refractivity contribution < 1.29 is 18.7 Å². The number of thiazole rings is 1. The van der Waals surface area contributed by atoms with Crippen LogP contribution in [0.5, 0.6) is 11.5 Å². The zero-order valence-corrected chi connectivity index (χ0v) is 17.9. The highest BCUT2D eigenvalue weighted by molar-refractivity contribution is 7.11. The van der Waals surface area contributed by atoms with E-state index in [4.69, 9.17) is 18.9 Å². The quantitative estimate of drug-likeness (QED) is 0.508. The van der Waals surface area contributed by atoms with E-state index >= 15 is 0 Å². The molecule has 6 nitrogen and oxygen atoms in total. The van der Waals surface area contributed by atoms with Gasteiger partial charge in [-0.05, 0) is 56.4 Å². The van der Waals surface area contributed by atoms with Crippen LogP contribution in [0.4, 0.5) is 0 Å². The van der Waals surface area contributed by atoms with Crippen molar-refractivity contribution in [2.45, 2.75) is 45.1 Å². The number of aromatic nitrogens is 1. The minimum Gasteiger partial charge on any atom is -0.493 e. The topological polar surface area (TPSA) is 73.6 Å². The molecule has 4 rings (SSSR count). The van der Waals surface area contributed by atoms with E-state index in [1.54, 1.807) is 19.2 Å². The molecule has 158 valence electrons. The van der Waals surface area contributed by atoms with Gasteiger partial charge in [0.25, 0.3) is 5.91 Å². The highest BCUT2D eigenvalue weighted by Crippen LogP contribution is 2.28. The van der Waals surface area contributed by atoms with Gasteiger partial charge in [0, 0.05) is 17.8 Å². The van der Waals surface area contributed by atoms with Crippen molar-refractivity contribution in [1.82, 2.24) is 10.3 Å². The van der Waals surface area contributed by atoms with Crippen molar-refractivity contribution in [3.63, 3.8) is 0 Å². The lowest BCUT2D eigenvalue weighted by molar-refractivity contribution is 0.0921. The van der Waals surface area contributed by atoms with Crippen molar-refractivity contribution in [1.29, 1.82) is 0 Å². The number of aryl methyl sites for hydroxylation is 3. The second-order valence-electron chi connectivity index (χ2n) is 7.25. The van der Waals surface area contributed by atoms with Gasteiger partial charge in [0.15, 0.2) is 17.3 Å². The predicted molar refractivity (Wildman–Crippen MR) is 115 cm³/mol. The minimum absolute atomic E-state index is 0.211. The minimum atomic E-state index is -0.211. The number of amides is 1. The zero-order chi connectivity index (χ0) is 20.8. The zero-order valence-electron chi connectivity index (χ0n) is 17.1. The Kier molecular flexibility index (Phi) is 6.69. The Labute approximate surface area is 180 Å². The largest absolute Gasteiger partial charge is 0.493 e. The normalized spacial score (nSPS) is 13.0. The second-order valence-corrected chi connectivity index (χ2v) is 8.42. The molecule has 2 heterocycles. The maximum absolute atomic E-state index is 12.3. The first kappa shape index (κ1) is 20.5. The number of ether oxygens (including phenoxy) is 2. The number of fused-ring (bicyclic) bond motifs is 1. The molecular formula is C23H26N2O4S. The summed E-state index contributed by atoms with van der Waals surface area (Å²) in [5, 5.41) is 4.10. The van der Waals surface area contributed by atoms with E-state index in [2.05, 4.69) is 5.32 Å². The predicted octanol–water partition coefficient (Wildman–Crippen LogP) is 4.57. The molecular weight excluding hydrogens is 400 g/mol. The highest BCUT2D eigenvalue weighted by Gasteiger charge is 2.15. The fourth-order valence-electron chi connectivity index (χ4n) is 3.51. The van der Waals surface area contributed by atoms with Crippen molar-refractivity contribution in [2.75, 3.05) is 13.7 Å². The summed E-state index contributed by atoms with van der Waals surface area (Å²) < 4.78 is 16.6. The monoisotopic (exact) mass is 426 g/mol. The Morgan fingerprint density at radius 2 is 2.00 bits per heavy atom. The Hall–Kier alpha value is -2.80. The van der Waals surface area contributed by atoms with E-state index in [1.165, 1.54) is 34.8 Å². The molecule has 2 aromatic heterocycles. The van der Waals surface area contributed by atoms with Crippen LogP contribution in [-0.4, -0.2) is 24.5 Å². The standard InChI is InChI=1S/C23H26N2O4S/c1-27-18-8-3-4-9-19(18)28-15-16-12-13-20(29-16)23(26)24-14-6-11-22-25-17-7-2-5-10-21(17)30-22/h3-4,8-9,12-13H,2,5-7,10-11,14-15H2,1H3,(H,24,26). The summed E-state index contributed by atoms with van der Waals surface area (Å²) in [5.41, 5.74) is 1.30. The molecule has 1 N–H and O–H groups in total. The number of para-hydroxylation sites is 2. The Bertz CT molecular complexity index is 971. The molecule has 7 heteroatoms. The number of nitrogens with one attached hydrogen (secondary N) is 1. The summed E-state index contributed by atoms with van der Waals surface area (Å²) in [5.74, 6) is 1.95. The number of furan rings is 1. The Morgan fingerprint density at radius 3 is 2.83 bits per heavy atom. The number of carbonyl (C=O) groups excluding carboxylic acids is 1. The van der Waals surface area contributed by atoms with Crippen LogP contribution in [0.2, 0.25) is 0 Å². The molecule has 30 heavy (non-hydrogen) atoms. The lowest BCUT2D eigenvalue weighted by Gasteiger charge is -2.08. The van der Waals surface area contributed by atoms with Crippen LogP contribution >= 0.6 is 11.3 Å². The maximum Gasteiger partial charge on any atom is 0.286 e.